The molecule has 1 amide bonds. The predicted octanol–water partition coefficient (Wildman–Crippen LogP) is 1.61. The van der Waals surface area contributed by atoms with Crippen LogP contribution in [0.1, 0.15) is 31.1 Å². The van der Waals surface area contributed by atoms with Crippen molar-refractivity contribution in [3.8, 4) is 5.75 Å². The van der Waals surface area contributed by atoms with Gasteiger partial charge in [0, 0.05) is 5.56 Å². The number of tetrazole rings is 1. The van der Waals surface area contributed by atoms with Crippen LogP contribution in [0.15, 0.2) is 24.3 Å². The zero-order valence-electron chi connectivity index (χ0n) is 13.1. The van der Waals surface area contributed by atoms with Gasteiger partial charge in [0.25, 0.3) is 11.9 Å². The van der Waals surface area contributed by atoms with Crippen LogP contribution >= 0.6 is 12.2 Å². The lowest BCUT2D eigenvalue weighted by Gasteiger charge is -2.10. The molecule has 1 aromatic carbocycles. The lowest BCUT2D eigenvalue weighted by molar-refractivity contribution is 0.0977. The van der Waals surface area contributed by atoms with Gasteiger partial charge in [0.05, 0.1) is 12.6 Å². The van der Waals surface area contributed by atoms with Crippen LogP contribution in [0.25, 0.3) is 0 Å². The van der Waals surface area contributed by atoms with Gasteiger partial charge >= 0.3 is 0 Å². The monoisotopic (exact) mass is 334 g/mol. The molecule has 23 heavy (non-hydrogen) atoms. The van der Waals surface area contributed by atoms with E-state index < -0.39 is 0 Å². The topological polar surface area (TPSA) is 94.0 Å². The molecular formula is C14H18N6O2S. The lowest BCUT2D eigenvalue weighted by Crippen LogP contribution is -2.34. The van der Waals surface area contributed by atoms with Crippen molar-refractivity contribution in [2.75, 3.05) is 5.32 Å². The Kier molecular flexibility index (Phi) is 5.58. The molecule has 0 saturated carbocycles. The number of benzene rings is 1. The molecule has 0 unspecified atom stereocenters. The number of aromatic nitrogens is 4. The Hall–Kier alpha value is -2.55. The van der Waals surface area contributed by atoms with Gasteiger partial charge in [-0.1, -0.05) is 5.10 Å². The number of nitrogens with zero attached hydrogens (tertiary/aromatic N) is 4. The molecule has 0 atom stereocenters. The maximum absolute atomic E-state index is 12.1. The van der Waals surface area contributed by atoms with Gasteiger partial charge in [-0.3, -0.25) is 15.4 Å². The standard InChI is InChI=1S/C14H18N6O2S/c1-4-20-18-13(17-19-20)16-14(23)15-12(21)10-5-7-11(8-6-10)22-9(2)3/h5-9H,4H2,1-3H3,(H2,15,16,18,21,23). The summed E-state index contributed by atoms with van der Waals surface area (Å²) in [7, 11) is 0. The summed E-state index contributed by atoms with van der Waals surface area (Å²) < 4.78 is 5.53. The molecule has 1 heterocycles. The van der Waals surface area contributed by atoms with Gasteiger partial charge in [0.15, 0.2) is 5.11 Å². The van der Waals surface area contributed by atoms with Crippen LogP contribution in [-0.4, -0.2) is 37.3 Å². The van der Waals surface area contributed by atoms with E-state index in [1.165, 1.54) is 4.80 Å². The van der Waals surface area contributed by atoms with Crippen LogP contribution in [-0.2, 0) is 6.54 Å². The van der Waals surface area contributed by atoms with Gasteiger partial charge in [-0.25, -0.2) is 0 Å². The molecule has 0 radical (unpaired) electrons. The molecule has 0 saturated heterocycles. The average Bonchev–Trinajstić information content (AvgIpc) is 2.94. The number of anilines is 1. The van der Waals surface area contributed by atoms with Gasteiger partial charge in [-0.15, -0.1) is 5.10 Å². The summed E-state index contributed by atoms with van der Waals surface area (Å²) in [4.78, 5) is 13.5. The first kappa shape index (κ1) is 16.8. The van der Waals surface area contributed by atoms with Gasteiger partial charge in [-0.05, 0) is 62.5 Å². The van der Waals surface area contributed by atoms with E-state index in [-0.39, 0.29) is 23.1 Å². The first-order valence-electron chi connectivity index (χ1n) is 7.14. The molecule has 0 spiro atoms. The maximum Gasteiger partial charge on any atom is 0.269 e. The number of carbonyl (C=O) groups excluding carboxylic acids is 1. The second kappa shape index (κ2) is 7.63. The predicted molar refractivity (Wildman–Crippen MR) is 89.4 cm³/mol. The first-order chi connectivity index (χ1) is 11.0. The Bertz CT molecular complexity index is 683. The summed E-state index contributed by atoms with van der Waals surface area (Å²) >= 11 is 5.06. The highest BCUT2D eigenvalue weighted by atomic mass is 32.1. The zero-order valence-corrected chi connectivity index (χ0v) is 13.9. The molecule has 0 fully saturated rings. The Morgan fingerprint density at radius 1 is 1.35 bits per heavy atom. The SMILES string of the molecule is CCn1nnc(NC(=S)NC(=O)c2ccc(OC(C)C)cc2)n1. The summed E-state index contributed by atoms with van der Waals surface area (Å²) in [5, 5.41) is 16.9. The molecule has 0 aliphatic carbocycles. The van der Waals surface area contributed by atoms with E-state index in [1.807, 2.05) is 20.8 Å². The highest BCUT2D eigenvalue weighted by Crippen LogP contribution is 2.13. The fraction of sp³-hybridized carbons (Fsp3) is 0.357. The van der Waals surface area contributed by atoms with Crippen molar-refractivity contribution in [3.05, 3.63) is 29.8 Å². The Balaban J connectivity index is 1.91. The summed E-state index contributed by atoms with van der Waals surface area (Å²) in [6.45, 7) is 6.36. The van der Waals surface area contributed by atoms with Crippen molar-refractivity contribution in [2.45, 2.75) is 33.4 Å². The van der Waals surface area contributed by atoms with Crippen molar-refractivity contribution < 1.29 is 9.53 Å². The van der Waals surface area contributed by atoms with Crippen LogP contribution in [0.4, 0.5) is 5.95 Å². The van der Waals surface area contributed by atoms with Gasteiger partial charge in [-0.2, -0.15) is 4.80 Å². The second-order valence-corrected chi connectivity index (χ2v) is 5.31. The van der Waals surface area contributed by atoms with Crippen molar-refractivity contribution >= 4 is 29.2 Å². The average molecular weight is 334 g/mol. The molecule has 0 aliphatic heterocycles. The Morgan fingerprint density at radius 2 is 2.04 bits per heavy atom. The minimum Gasteiger partial charge on any atom is -0.491 e. The van der Waals surface area contributed by atoms with E-state index in [0.717, 1.165) is 0 Å². The molecule has 2 N–H and O–H groups in total. The van der Waals surface area contributed by atoms with Crippen molar-refractivity contribution in [2.24, 2.45) is 0 Å². The first-order valence-corrected chi connectivity index (χ1v) is 7.55. The molecule has 122 valence electrons. The van der Waals surface area contributed by atoms with E-state index >= 15 is 0 Å². The second-order valence-electron chi connectivity index (χ2n) is 4.90. The fourth-order valence-electron chi connectivity index (χ4n) is 1.69. The molecule has 2 rings (SSSR count). The van der Waals surface area contributed by atoms with E-state index in [1.54, 1.807) is 24.3 Å². The third kappa shape index (κ3) is 4.99. The number of ether oxygens (including phenoxy) is 1. The third-order valence-corrected chi connectivity index (χ3v) is 2.88. The number of hydrogen-bond acceptors (Lipinski definition) is 6. The number of aryl methyl sites for hydroxylation is 1. The van der Waals surface area contributed by atoms with Gasteiger partial charge < -0.3 is 4.74 Å². The summed E-state index contributed by atoms with van der Waals surface area (Å²) in [5.74, 6) is 0.608. The molecule has 8 nitrogen and oxygen atoms in total. The minimum atomic E-state index is -0.332. The van der Waals surface area contributed by atoms with Crippen molar-refractivity contribution in [1.82, 2.24) is 25.5 Å². The summed E-state index contributed by atoms with van der Waals surface area (Å²) in [6.07, 6.45) is 0.0792. The summed E-state index contributed by atoms with van der Waals surface area (Å²) in [5.41, 5.74) is 0.468. The van der Waals surface area contributed by atoms with Gasteiger partial charge in [0.1, 0.15) is 5.75 Å². The highest BCUT2D eigenvalue weighted by molar-refractivity contribution is 7.80. The molecule has 0 bridgehead atoms. The van der Waals surface area contributed by atoms with Crippen LogP contribution < -0.4 is 15.4 Å². The lowest BCUT2D eigenvalue weighted by atomic mass is 10.2. The minimum absolute atomic E-state index is 0.0792. The number of thiocarbonyl (C=S) groups is 1. The van der Waals surface area contributed by atoms with Gasteiger partial charge in [0.2, 0.25) is 0 Å². The molecule has 9 heteroatoms. The number of rotatable bonds is 5. The number of carbonyl (C=O) groups is 1. The third-order valence-electron chi connectivity index (χ3n) is 2.68. The largest absolute Gasteiger partial charge is 0.491 e. The fourth-order valence-corrected chi connectivity index (χ4v) is 1.88. The van der Waals surface area contributed by atoms with E-state index in [0.29, 0.717) is 17.9 Å². The highest BCUT2D eigenvalue weighted by Gasteiger charge is 2.10. The number of amides is 1. The molecular weight excluding hydrogens is 316 g/mol. The zero-order chi connectivity index (χ0) is 16.8. The number of hydrogen-bond donors (Lipinski definition) is 2. The van der Waals surface area contributed by atoms with Crippen LogP contribution in [0.3, 0.4) is 0 Å². The van der Waals surface area contributed by atoms with Crippen LogP contribution in [0.2, 0.25) is 0 Å². The molecule has 2 aromatic rings. The van der Waals surface area contributed by atoms with E-state index in [2.05, 4.69) is 26.0 Å². The molecule has 0 aliphatic rings. The smallest absolute Gasteiger partial charge is 0.269 e. The van der Waals surface area contributed by atoms with Crippen LogP contribution in [0.5, 0.6) is 5.75 Å². The normalized spacial score (nSPS) is 10.4. The van der Waals surface area contributed by atoms with E-state index in [4.69, 9.17) is 17.0 Å². The van der Waals surface area contributed by atoms with Crippen molar-refractivity contribution in [3.63, 3.8) is 0 Å². The van der Waals surface area contributed by atoms with Crippen molar-refractivity contribution in [1.29, 1.82) is 0 Å². The number of nitrogens with one attached hydrogen (secondary N) is 2. The quantitative estimate of drug-likeness (QED) is 0.802. The Morgan fingerprint density at radius 3 is 2.61 bits per heavy atom. The molecule has 1 aromatic heterocycles. The summed E-state index contributed by atoms with van der Waals surface area (Å²) in [6, 6.07) is 6.81. The van der Waals surface area contributed by atoms with Crippen LogP contribution in [0, 0.1) is 0 Å². The van der Waals surface area contributed by atoms with E-state index in [9.17, 15) is 4.79 Å². The maximum atomic E-state index is 12.1. The Labute approximate surface area is 139 Å².